The van der Waals surface area contributed by atoms with Crippen molar-refractivity contribution in [1.29, 1.82) is 0 Å². The number of aliphatic hydroxyl groups excluding tert-OH is 4. The third-order valence-corrected chi connectivity index (χ3v) is 8.19. The Labute approximate surface area is 189 Å². The number of hydrogen-bond donors (Lipinski definition) is 5. The van der Waals surface area contributed by atoms with Gasteiger partial charge in [-0.2, -0.15) is 0 Å². The van der Waals surface area contributed by atoms with E-state index in [4.69, 9.17) is 14.2 Å². The quantitative estimate of drug-likeness (QED) is 0.346. The third kappa shape index (κ3) is 2.73. The Morgan fingerprint density at radius 2 is 1.94 bits per heavy atom. The second-order valence-electron chi connectivity index (χ2n) is 9.76. The van der Waals surface area contributed by atoms with Crippen molar-refractivity contribution in [3.05, 3.63) is 35.4 Å². The summed E-state index contributed by atoms with van der Waals surface area (Å²) < 4.78 is 17.5. The maximum absolute atomic E-state index is 11.4. The van der Waals surface area contributed by atoms with Crippen molar-refractivity contribution in [2.75, 3.05) is 13.6 Å². The van der Waals surface area contributed by atoms with Crippen LogP contribution in [0, 0.1) is 5.92 Å². The number of rotatable bonds is 3. The zero-order chi connectivity index (χ0) is 23.2. The van der Waals surface area contributed by atoms with Gasteiger partial charge in [0.15, 0.2) is 17.6 Å². The van der Waals surface area contributed by atoms with Gasteiger partial charge in [0, 0.05) is 22.9 Å². The molecule has 3 heterocycles. The minimum atomic E-state index is -1.80. The molecule has 0 unspecified atom stereocenters. The molecule has 2 fully saturated rings. The van der Waals surface area contributed by atoms with Crippen LogP contribution in [0.25, 0.3) is 0 Å². The number of piperidine rings is 1. The second kappa shape index (κ2) is 7.14. The summed E-state index contributed by atoms with van der Waals surface area (Å²) in [5.74, 6) is -0.625. The van der Waals surface area contributed by atoms with Crippen LogP contribution < -0.4 is 9.47 Å². The summed E-state index contributed by atoms with van der Waals surface area (Å²) in [5.41, 5.74) is 1.70. The molecule has 10 atom stereocenters. The first-order valence-corrected chi connectivity index (χ1v) is 11.2. The molecule has 0 saturated carbocycles. The van der Waals surface area contributed by atoms with Crippen molar-refractivity contribution in [2.45, 2.75) is 67.2 Å². The Kier molecular flexibility index (Phi) is 4.62. The summed E-state index contributed by atoms with van der Waals surface area (Å²) in [6, 6.07) is 3.90. The van der Waals surface area contributed by atoms with Gasteiger partial charge < -0.3 is 44.6 Å². The molecule has 178 valence electrons. The number of hydrogen-bond acceptors (Lipinski definition) is 9. The Morgan fingerprint density at radius 1 is 1.15 bits per heavy atom. The van der Waals surface area contributed by atoms with Crippen molar-refractivity contribution in [2.24, 2.45) is 5.92 Å². The molecule has 2 bridgehead atoms. The molecule has 3 aliphatic heterocycles. The molecule has 0 radical (unpaired) electrons. The summed E-state index contributed by atoms with van der Waals surface area (Å²) in [6.07, 6.45) is -4.29. The van der Waals surface area contributed by atoms with Crippen LogP contribution in [0.1, 0.15) is 17.5 Å². The van der Waals surface area contributed by atoms with E-state index in [-0.39, 0.29) is 17.7 Å². The minimum Gasteiger partial charge on any atom is -0.482 e. The van der Waals surface area contributed by atoms with Gasteiger partial charge in [-0.25, -0.2) is 4.79 Å². The van der Waals surface area contributed by atoms with Gasteiger partial charge >= 0.3 is 5.97 Å². The van der Waals surface area contributed by atoms with E-state index in [1.165, 1.54) is 0 Å². The minimum absolute atomic E-state index is 0.165. The van der Waals surface area contributed by atoms with Gasteiger partial charge in [0.2, 0.25) is 6.29 Å². The lowest BCUT2D eigenvalue weighted by Crippen LogP contribution is -2.64. The molecule has 0 amide bonds. The molecule has 33 heavy (non-hydrogen) atoms. The highest BCUT2D eigenvalue weighted by molar-refractivity contribution is 5.73. The van der Waals surface area contributed by atoms with Crippen LogP contribution in [-0.4, -0.2) is 98.9 Å². The average molecular weight is 461 g/mol. The van der Waals surface area contributed by atoms with Crippen molar-refractivity contribution in [3.8, 4) is 11.5 Å². The van der Waals surface area contributed by atoms with E-state index >= 15 is 0 Å². The van der Waals surface area contributed by atoms with Crippen LogP contribution in [0.5, 0.6) is 11.5 Å². The van der Waals surface area contributed by atoms with Crippen LogP contribution in [0.3, 0.4) is 0 Å². The Morgan fingerprint density at radius 3 is 2.70 bits per heavy atom. The van der Waals surface area contributed by atoms with Crippen LogP contribution in [0.15, 0.2) is 24.3 Å². The Bertz CT molecular complexity index is 1030. The fourth-order valence-corrected chi connectivity index (χ4v) is 6.60. The van der Waals surface area contributed by atoms with Gasteiger partial charge in [-0.3, -0.25) is 0 Å². The molecule has 10 nitrogen and oxygen atoms in total. The van der Waals surface area contributed by atoms with Gasteiger partial charge in [-0.05, 0) is 38.1 Å². The number of likely N-dealkylation sites (tertiary alicyclic amines) is 1. The molecular weight excluding hydrogens is 434 g/mol. The molecule has 1 spiro atoms. The summed E-state index contributed by atoms with van der Waals surface area (Å²) in [6.45, 7) is 0.861. The third-order valence-electron chi connectivity index (χ3n) is 8.19. The highest BCUT2D eigenvalue weighted by Gasteiger charge is 2.64. The predicted molar refractivity (Wildman–Crippen MR) is 111 cm³/mol. The van der Waals surface area contributed by atoms with E-state index in [1.807, 2.05) is 6.07 Å². The van der Waals surface area contributed by atoms with Crippen LogP contribution in [-0.2, 0) is 21.4 Å². The molecule has 5 N–H and O–H groups in total. The van der Waals surface area contributed by atoms with E-state index in [2.05, 4.69) is 18.0 Å². The zero-order valence-corrected chi connectivity index (χ0v) is 17.9. The first-order valence-electron chi connectivity index (χ1n) is 11.2. The second-order valence-corrected chi connectivity index (χ2v) is 9.76. The van der Waals surface area contributed by atoms with Crippen LogP contribution in [0.4, 0.5) is 0 Å². The van der Waals surface area contributed by atoms with Gasteiger partial charge in [-0.1, -0.05) is 18.2 Å². The normalized spacial score (nSPS) is 45.3. The first-order chi connectivity index (χ1) is 15.7. The predicted octanol–water partition coefficient (Wildman–Crippen LogP) is -1.24. The summed E-state index contributed by atoms with van der Waals surface area (Å²) in [5, 5.41) is 50.6. The molecule has 5 aliphatic rings. The van der Waals surface area contributed by atoms with Gasteiger partial charge in [0.1, 0.15) is 30.5 Å². The molecule has 6 rings (SSSR count). The monoisotopic (exact) mass is 461 g/mol. The lowest BCUT2D eigenvalue weighted by molar-refractivity contribution is -0.271. The van der Waals surface area contributed by atoms with Gasteiger partial charge in [0.05, 0.1) is 0 Å². The van der Waals surface area contributed by atoms with E-state index in [1.54, 1.807) is 12.1 Å². The number of carbonyl (C=O) groups is 1. The smallest absolute Gasteiger partial charge is 0.335 e. The number of carboxylic acid groups (broad SMARTS) is 1. The number of nitrogens with zero attached hydrogens (tertiary/aromatic N) is 1. The molecular formula is C23H27NO9. The van der Waals surface area contributed by atoms with Crippen molar-refractivity contribution in [1.82, 2.24) is 4.90 Å². The van der Waals surface area contributed by atoms with Crippen molar-refractivity contribution < 1.29 is 44.5 Å². The Hall–Kier alpha value is -2.21. The van der Waals surface area contributed by atoms with Crippen molar-refractivity contribution >= 4 is 5.97 Å². The lowest BCUT2D eigenvalue weighted by Gasteiger charge is -2.56. The number of aliphatic carboxylic acids is 1. The molecule has 2 aliphatic carbocycles. The van der Waals surface area contributed by atoms with Crippen LogP contribution >= 0.6 is 0 Å². The maximum Gasteiger partial charge on any atom is 0.335 e. The molecule has 2 saturated heterocycles. The topological polar surface area (TPSA) is 149 Å². The average Bonchev–Trinajstić information content (AvgIpc) is 3.14. The standard InChI is InChI=1S/C23H27NO9/c1-24-7-6-23-10-3-4-12(25)20(23)32-18-13(5-2-9(14(18)23)8-11(10)24)31-22-17(28)15(26)16(27)19(33-22)21(29)30/h2-5,10-12,15-17,19-20,22,25-28H,6-8H2,1H3,(H,29,30)/t10-,11+,12-,15-,16-,17+,19-,20-,22-,23-/m0/s1. The van der Waals surface area contributed by atoms with E-state index in [9.17, 15) is 30.3 Å². The lowest BCUT2D eigenvalue weighted by atomic mass is 9.53. The van der Waals surface area contributed by atoms with Crippen molar-refractivity contribution in [3.63, 3.8) is 0 Å². The Balaban J connectivity index is 1.41. The van der Waals surface area contributed by atoms with E-state index in [0.29, 0.717) is 5.75 Å². The maximum atomic E-state index is 11.4. The van der Waals surface area contributed by atoms with Gasteiger partial charge in [0.25, 0.3) is 0 Å². The SMILES string of the molecule is CN1CC[C@]23c4c5ccc(O[C@H]6O[C@H](C(=O)O)[C@@H](O)[C@H](O)[C@H]6O)c4O[C@H]2[C@@H](O)C=C[C@H]3[C@H]1C5. The molecule has 1 aromatic rings. The summed E-state index contributed by atoms with van der Waals surface area (Å²) in [4.78, 5) is 13.8. The highest BCUT2D eigenvalue weighted by Crippen LogP contribution is 2.62. The first kappa shape index (κ1) is 21.3. The van der Waals surface area contributed by atoms with E-state index < -0.39 is 54.3 Å². The number of aliphatic hydroxyl groups is 4. The number of benzene rings is 1. The summed E-state index contributed by atoms with van der Waals surface area (Å²) in [7, 11) is 2.12. The number of likely N-dealkylation sites (N-methyl/N-ethyl adjacent to an activating group) is 1. The summed E-state index contributed by atoms with van der Waals surface area (Å²) >= 11 is 0. The zero-order valence-electron chi connectivity index (χ0n) is 17.9. The largest absolute Gasteiger partial charge is 0.482 e. The van der Waals surface area contributed by atoms with Crippen LogP contribution in [0.2, 0.25) is 0 Å². The number of ether oxygens (including phenoxy) is 3. The van der Waals surface area contributed by atoms with E-state index in [0.717, 1.165) is 30.5 Å². The molecule has 1 aromatic carbocycles. The fraction of sp³-hybridized carbons (Fsp3) is 0.609. The highest BCUT2D eigenvalue weighted by atomic mass is 16.7. The fourth-order valence-electron chi connectivity index (χ4n) is 6.60. The molecule has 10 heteroatoms. The molecule has 0 aromatic heterocycles. The van der Waals surface area contributed by atoms with Gasteiger partial charge in [-0.15, -0.1) is 0 Å². The number of carboxylic acids is 1.